The van der Waals surface area contributed by atoms with Gasteiger partial charge in [-0.05, 0) is 43.7 Å². The van der Waals surface area contributed by atoms with Crippen LogP contribution in [0.25, 0.3) is 11.0 Å². The molecule has 0 fully saturated rings. The number of fused-ring (bicyclic) bond motifs is 1. The summed E-state index contributed by atoms with van der Waals surface area (Å²) >= 11 is 0. The molecule has 7 heteroatoms. The quantitative estimate of drug-likeness (QED) is 0.681. The van der Waals surface area contributed by atoms with Crippen LogP contribution in [0, 0.1) is 13.8 Å². The molecular formula is C20H19NO5S. The van der Waals surface area contributed by atoms with E-state index in [2.05, 4.69) is 5.32 Å². The number of nitrogens with one attached hydrogen (secondary N) is 1. The maximum Gasteiger partial charge on any atom is 0.336 e. The molecule has 1 heterocycles. The number of hydrogen-bond acceptors (Lipinski definition) is 5. The molecule has 0 radical (unpaired) electrons. The minimum Gasteiger partial charge on any atom is -0.423 e. The molecule has 1 N–H and O–H groups in total. The predicted octanol–water partition coefficient (Wildman–Crippen LogP) is 3.21. The zero-order valence-corrected chi connectivity index (χ0v) is 15.8. The first-order valence-corrected chi connectivity index (χ1v) is 10.0. The molecule has 1 aromatic heterocycles. The minimum absolute atomic E-state index is 0.175. The van der Waals surface area contributed by atoms with E-state index in [1.807, 2.05) is 6.92 Å². The molecule has 2 aromatic carbocycles. The molecule has 3 rings (SSSR count). The number of carbonyl (C=O) groups excluding carboxylic acids is 1. The SMILES string of the molecule is Cc1ccc(S(=O)(=O)CCC(=O)Nc2ccc3c(C)cc(=O)oc3c2)cc1. The summed E-state index contributed by atoms with van der Waals surface area (Å²) < 4.78 is 29.8. The standard InChI is InChI=1S/C20H19NO5S/c1-13-3-6-16(7-4-13)27(24,25)10-9-19(22)21-15-5-8-17-14(2)11-20(23)26-18(17)12-15/h3-8,11-12H,9-10H2,1-2H3,(H,21,22). The van der Waals surface area contributed by atoms with Crippen LogP contribution in [0.1, 0.15) is 17.5 Å². The molecule has 0 bridgehead atoms. The number of anilines is 1. The second kappa shape index (κ2) is 7.36. The van der Waals surface area contributed by atoms with E-state index in [1.54, 1.807) is 37.3 Å². The van der Waals surface area contributed by atoms with Crippen LogP contribution in [-0.4, -0.2) is 20.1 Å². The summed E-state index contributed by atoms with van der Waals surface area (Å²) in [4.78, 5) is 23.8. The van der Waals surface area contributed by atoms with Gasteiger partial charge in [0.05, 0.1) is 10.6 Å². The highest BCUT2D eigenvalue weighted by molar-refractivity contribution is 7.91. The Balaban J connectivity index is 1.69. The van der Waals surface area contributed by atoms with Gasteiger partial charge in [0.2, 0.25) is 5.91 Å². The lowest BCUT2D eigenvalue weighted by atomic mass is 10.1. The number of hydrogen-bond donors (Lipinski definition) is 1. The molecule has 0 spiro atoms. The highest BCUT2D eigenvalue weighted by Crippen LogP contribution is 2.21. The van der Waals surface area contributed by atoms with Crippen molar-refractivity contribution in [3.05, 3.63) is 70.1 Å². The van der Waals surface area contributed by atoms with Crippen molar-refractivity contribution in [3.63, 3.8) is 0 Å². The second-order valence-electron chi connectivity index (χ2n) is 6.39. The fraction of sp³-hybridized carbons (Fsp3) is 0.200. The molecule has 0 aliphatic heterocycles. The summed E-state index contributed by atoms with van der Waals surface area (Å²) in [5, 5.41) is 3.41. The van der Waals surface area contributed by atoms with E-state index >= 15 is 0 Å². The minimum atomic E-state index is -3.53. The maximum atomic E-state index is 12.3. The van der Waals surface area contributed by atoms with Gasteiger partial charge < -0.3 is 9.73 Å². The van der Waals surface area contributed by atoms with Gasteiger partial charge in [-0.15, -0.1) is 0 Å². The third-order valence-corrected chi connectivity index (χ3v) is 5.95. The van der Waals surface area contributed by atoms with E-state index in [0.29, 0.717) is 11.3 Å². The smallest absolute Gasteiger partial charge is 0.336 e. The van der Waals surface area contributed by atoms with Crippen LogP contribution in [0.4, 0.5) is 5.69 Å². The second-order valence-corrected chi connectivity index (χ2v) is 8.50. The van der Waals surface area contributed by atoms with Crippen LogP contribution in [-0.2, 0) is 14.6 Å². The van der Waals surface area contributed by atoms with Gasteiger partial charge in [-0.2, -0.15) is 0 Å². The van der Waals surface area contributed by atoms with Crippen LogP contribution in [0.2, 0.25) is 0 Å². The van der Waals surface area contributed by atoms with E-state index in [1.165, 1.54) is 18.2 Å². The van der Waals surface area contributed by atoms with Crippen LogP contribution in [0.3, 0.4) is 0 Å². The number of sulfone groups is 1. The molecule has 27 heavy (non-hydrogen) atoms. The lowest BCUT2D eigenvalue weighted by Gasteiger charge is -2.08. The Morgan fingerprint density at radius 1 is 1.04 bits per heavy atom. The first-order chi connectivity index (χ1) is 12.7. The monoisotopic (exact) mass is 385 g/mol. The summed E-state index contributed by atoms with van der Waals surface area (Å²) in [7, 11) is -3.53. The van der Waals surface area contributed by atoms with E-state index in [9.17, 15) is 18.0 Å². The van der Waals surface area contributed by atoms with Crippen molar-refractivity contribution in [1.82, 2.24) is 0 Å². The van der Waals surface area contributed by atoms with E-state index in [4.69, 9.17) is 4.42 Å². The normalized spacial score (nSPS) is 11.5. The molecule has 0 atom stereocenters. The number of aryl methyl sites for hydroxylation is 2. The fourth-order valence-electron chi connectivity index (χ4n) is 2.72. The first kappa shape index (κ1) is 18.8. The fourth-order valence-corrected chi connectivity index (χ4v) is 3.96. The number of amides is 1. The third kappa shape index (κ3) is 4.43. The summed E-state index contributed by atoms with van der Waals surface area (Å²) in [5.41, 5.74) is 2.08. The first-order valence-electron chi connectivity index (χ1n) is 8.38. The molecule has 0 saturated carbocycles. The molecular weight excluding hydrogens is 366 g/mol. The average Bonchev–Trinajstić information content (AvgIpc) is 2.60. The van der Waals surface area contributed by atoms with Crippen LogP contribution >= 0.6 is 0 Å². The van der Waals surface area contributed by atoms with Crippen LogP contribution in [0.5, 0.6) is 0 Å². The van der Waals surface area contributed by atoms with E-state index in [0.717, 1.165) is 16.5 Å². The van der Waals surface area contributed by atoms with E-state index in [-0.39, 0.29) is 17.1 Å². The van der Waals surface area contributed by atoms with Gasteiger partial charge in [0.1, 0.15) is 5.58 Å². The molecule has 1 amide bonds. The predicted molar refractivity (Wildman–Crippen MR) is 104 cm³/mol. The summed E-state index contributed by atoms with van der Waals surface area (Å²) in [5.74, 6) is -0.719. The van der Waals surface area contributed by atoms with Crippen molar-refractivity contribution < 1.29 is 17.6 Å². The summed E-state index contributed by atoms with van der Waals surface area (Å²) in [6, 6.07) is 12.9. The topological polar surface area (TPSA) is 93.5 Å². The Morgan fingerprint density at radius 2 is 1.74 bits per heavy atom. The zero-order valence-electron chi connectivity index (χ0n) is 15.0. The largest absolute Gasteiger partial charge is 0.423 e. The molecule has 3 aromatic rings. The average molecular weight is 385 g/mol. The van der Waals surface area contributed by atoms with Crippen molar-refractivity contribution in [2.45, 2.75) is 25.2 Å². The van der Waals surface area contributed by atoms with Crippen molar-refractivity contribution in [3.8, 4) is 0 Å². The van der Waals surface area contributed by atoms with Crippen molar-refractivity contribution in [2.75, 3.05) is 11.1 Å². The van der Waals surface area contributed by atoms with Crippen molar-refractivity contribution in [1.29, 1.82) is 0 Å². The lowest BCUT2D eigenvalue weighted by Crippen LogP contribution is -2.17. The Morgan fingerprint density at radius 3 is 2.44 bits per heavy atom. The Bertz CT molecular complexity index is 1160. The molecule has 0 saturated heterocycles. The number of carbonyl (C=O) groups is 1. The van der Waals surface area contributed by atoms with Crippen molar-refractivity contribution >= 4 is 32.4 Å². The highest BCUT2D eigenvalue weighted by atomic mass is 32.2. The zero-order chi connectivity index (χ0) is 19.6. The molecule has 0 unspecified atom stereocenters. The van der Waals surface area contributed by atoms with Gasteiger partial charge in [0.25, 0.3) is 0 Å². The summed E-state index contributed by atoms with van der Waals surface area (Å²) in [6.07, 6.45) is -0.175. The molecule has 0 aliphatic rings. The Labute approximate surface area is 156 Å². The van der Waals surface area contributed by atoms with E-state index < -0.39 is 21.4 Å². The number of rotatable bonds is 5. The third-order valence-electron chi connectivity index (χ3n) is 4.21. The summed E-state index contributed by atoms with van der Waals surface area (Å²) in [6.45, 7) is 3.67. The van der Waals surface area contributed by atoms with Crippen molar-refractivity contribution in [2.24, 2.45) is 0 Å². The van der Waals surface area contributed by atoms with Gasteiger partial charge in [0.15, 0.2) is 9.84 Å². The van der Waals surface area contributed by atoms with Gasteiger partial charge >= 0.3 is 5.63 Å². The number of benzene rings is 2. The van der Waals surface area contributed by atoms with Crippen LogP contribution < -0.4 is 10.9 Å². The Hall–Kier alpha value is -2.93. The van der Waals surface area contributed by atoms with Gasteiger partial charge in [-0.25, -0.2) is 13.2 Å². The van der Waals surface area contributed by atoms with Gasteiger partial charge in [-0.3, -0.25) is 4.79 Å². The van der Waals surface area contributed by atoms with Crippen LogP contribution in [0.15, 0.2) is 62.6 Å². The molecule has 0 aliphatic carbocycles. The highest BCUT2D eigenvalue weighted by Gasteiger charge is 2.16. The lowest BCUT2D eigenvalue weighted by molar-refractivity contribution is -0.115. The van der Waals surface area contributed by atoms with Gasteiger partial charge in [0, 0.05) is 29.6 Å². The van der Waals surface area contributed by atoms with Gasteiger partial charge in [-0.1, -0.05) is 17.7 Å². The maximum absolute atomic E-state index is 12.3. The molecule has 6 nitrogen and oxygen atoms in total. The Kier molecular flexibility index (Phi) is 5.14. The molecule has 140 valence electrons.